The van der Waals surface area contributed by atoms with Gasteiger partial charge in [0.05, 0.1) is 5.92 Å². The van der Waals surface area contributed by atoms with Crippen LogP contribution in [0.3, 0.4) is 0 Å². The largest absolute Gasteiger partial charge is 0.359 e. The van der Waals surface area contributed by atoms with E-state index in [9.17, 15) is 9.59 Å². The van der Waals surface area contributed by atoms with Crippen molar-refractivity contribution in [2.75, 3.05) is 40.3 Å². The lowest BCUT2D eigenvalue weighted by Gasteiger charge is -2.22. The number of likely N-dealkylation sites (N-methyl/N-ethyl adjacent to an activating group) is 1. The van der Waals surface area contributed by atoms with Gasteiger partial charge in [-0.1, -0.05) is 0 Å². The second-order valence-corrected chi connectivity index (χ2v) is 6.66. The van der Waals surface area contributed by atoms with Crippen molar-refractivity contribution in [2.45, 2.75) is 13.8 Å². The van der Waals surface area contributed by atoms with Crippen LogP contribution in [-0.2, 0) is 4.79 Å². The second-order valence-electron chi connectivity index (χ2n) is 6.66. The van der Waals surface area contributed by atoms with E-state index in [0.29, 0.717) is 31.0 Å². The molecule has 1 atom stereocenters. The first-order valence-corrected chi connectivity index (χ1v) is 8.42. The molecular weight excluding hydrogens is 320 g/mol. The van der Waals surface area contributed by atoms with Crippen molar-refractivity contribution >= 4 is 17.5 Å². The van der Waals surface area contributed by atoms with Crippen LogP contribution in [0, 0.1) is 19.8 Å². The number of carbonyl (C=O) groups is 2. The fourth-order valence-electron chi connectivity index (χ4n) is 3.28. The highest BCUT2D eigenvalue weighted by molar-refractivity contribution is 5.94. The van der Waals surface area contributed by atoms with Crippen molar-refractivity contribution in [3.63, 3.8) is 0 Å². The van der Waals surface area contributed by atoms with Gasteiger partial charge in [-0.15, -0.1) is 0 Å². The zero-order chi connectivity index (χ0) is 18.1. The van der Waals surface area contributed by atoms with Crippen LogP contribution in [0.4, 0.5) is 0 Å². The summed E-state index contributed by atoms with van der Waals surface area (Å²) in [5, 5.41) is 7.10. The molecule has 1 aliphatic rings. The number of carbonyl (C=O) groups excluding carboxylic acids is 2. The number of nitrogens with one attached hydrogen (secondary N) is 1. The third kappa shape index (κ3) is 3.48. The summed E-state index contributed by atoms with van der Waals surface area (Å²) in [5.74, 6) is -0.456. The third-order valence-corrected chi connectivity index (χ3v) is 4.58. The maximum Gasteiger partial charge on any atom is 0.274 e. The van der Waals surface area contributed by atoms with E-state index in [0.717, 1.165) is 17.9 Å². The Morgan fingerprint density at radius 2 is 1.96 bits per heavy atom. The van der Waals surface area contributed by atoms with Crippen LogP contribution in [-0.4, -0.2) is 76.5 Å². The van der Waals surface area contributed by atoms with Gasteiger partial charge in [-0.3, -0.25) is 9.59 Å². The minimum Gasteiger partial charge on any atom is -0.359 e. The quantitative estimate of drug-likeness (QED) is 0.835. The van der Waals surface area contributed by atoms with Crippen molar-refractivity contribution in [1.82, 2.24) is 29.7 Å². The molecule has 0 aliphatic carbocycles. The first kappa shape index (κ1) is 17.3. The zero-order valence-corrected chi connectivity index (χ0v) is 15.1. The van der Waals surface area contributed by atoms with Crippen molar-refractivity contribution in [1.29, 1.82) is 0 Å². The van der Waals surface area contributed by atoms with Crippen LogP contribution < -0.4 is 5.32 Å². The number of hydrogen-bond acceptors (Lipinski definition) is 5. The lowest BCUT2D eigenvalue weighted by molar-refractivity contribution is -0.125. The number of aromatic nitrogens is 3. The number of fused-ring (bicyclic) bond motifs is 1. The number of nitrogens with zero attached hydrogens (tertiary/aromatic N) is 5. The van der Waals surface area contributed by atoms with Gasteiger partial charge < -0.3 is 15.1 Å². The van der Waals surface area contributed by atoms with E-state index in [1.54, 1.807) is 22.5 Å². The lowest BCUT2D eigenvalue weighted by atomic mass is 10.1. The lowest BCUT2D eigenvalue weighted by Crippen LogP contribution is -2.41. The predicted octanol–water partition coefficient (Wildman–Crippen LogP) is 0.0959. The summed E-state index contributed by atoms with van der Waals surface area (Å²) >= 11 is 0. The average molecular weight is 344 g/mol. The molecule has 0 aromatic carbocycles. The maximum absolute atomic E-state index is 13.0. The fourth-order valence-corrected chi connectivity index (χ4v) is 3.28. The molecule has 0 bridgehead atoms. The molecule has 3 rings (SSSR count). The topological polar surface area (TPSA) is 82.8 Å². The van der Waals surface area contributed by atoms with Crippen LogP contribution in [0.15, 0.2) is 12.1 Å². The van der Waals surface area contributed by atoms with Gasteiger partial charge in [0.25, 0.3) is 5.91 Å². The predicted molar refractivity (Wildman–Crippen MR) is 93.4 cm³/mol. The standard InChI is InChI=1S/C17H24N6O2/c1-11-7-12(2)23-15(19-11)8-14(20-23)17(25)22-6-5-21(4)9-13(10-22)16(24)18-3/h7-8,13H,5-6,9-10H2,1-4H3,(H,18,24)/t13-/m0/s1. The molecule has 0 unspecified atom stereocenters. The Labute approximate surface area is 146 Å². The molecule has 25 heavy (non-hydrogen) atoms. The van der Waals surface area contributed by atoms with Gasteiger partial charge in [-0.25, -0.2) is 9.50 Å². The summed E-state index contributed by atoms with van der Waals surface area (Å²) in [6.45, 7) is 6.17. The SMILES string of the molecule is CNC(=O)[C@H]1CN(C)CCN(C(=O)c2cc3nc(C)cc(C)n3n2)C1. The number of rotatable bonds is 2. The Balaban J connectivity index is 1.88. The molecule has 2 amide bonds. The maximum atomic E-state index is 13.0. The van der Waals surface area contributed by atoms with E-state index in [4.69, 9.17) is 0 Å². The molecule has 8 heteroatoms. The van der Waals surface area contributed by atoms with Gasteiger partial charge in [0.15, 0.2) is 11.3 Å². The Morgan fingerprint density at radius 3 is 2.68 bits per heavy atom. The van der Waals surface area contributed by atoms with Crippen molar-refractivity contribution < 1.29 is 9.59 Å². The van der Waals surface area contributed by atoms with E-state index in [-0.39, 0.29) is 17.7 Å². The van der Waals surface area contributed by atoms with E-state index < -0.39 is 0 Å². The minimum atomic E-state index is -0.249. The summed E-state index contributed by atoms with van der Waals surface area (Å²) in [4.78, 5) is 33.3. The molecule has 1 N–H and O–H groups in total. The van der Waals surface area contributed by atoms with Crippen LogP contribution in [0.1, 0.15) is 21.9 Å². The van der Waals surface area contributed by atoms with Crippen LogP contribution in [0.25, 0.3) is 5.65 Å². The van der Waals surface area contributed by atoms with Gasteiger partial charge in [0, 0.05) is 50.7 Å². The molecule has 134 valence electrons. The summed E-state index contributed by atoms with van der Waals surface area (Å²) in [6.07, 6.45) is 0. The Hall–Kier alpha value is -2.48. The second kappa shape index (κ2) is 6.79. The van der Waals surface area contributed by atoms with Crippen LogP contribution in [0.2, 0.25) is 0 Å². The van der Waals surface area contributed by atoms with Crippen molar-refractivity contribution in [2.24, 2.45) is 5.92 Å². The minimum absolute atomic E-state index is 0.0466. The molecule has 1 fully saturated rings. The smallest absolute Gasteiger partial charge is 0.274 e. The summed E-state index contributed by atoms with van der Waals surface area (Å²) in [7, 11) is 3.59. The normalized spacial score (nSPS) is 19.0. The summed E-state index contributed by atoms with van der Waals surface area (Å²) < 4.78 is 1.68. The highest BCUT2D eigenvalue weighted by Crippen LogP contribution is 2.14. The Bertz CT molecular complexity index is 815. The Morgan fingerprint density at radius 1 is 1.20 bits per heavy atom. The molecule has 0 spiro atoms. The molecule has 0 saturated carbocycles. The zero-order valence-electron chi connectivity index (χ0n) is 15.1. The number of hydrogen-bond donors (Lipinski definition) is 1. The van der Waals surface area contributed by atoms with Gasteiger partial charge >= 0.3 is 0 Å². The highest BCUT2D eigenvalue weighted by Gasteiger charge is 2.30. The third-order valence-electron chi connectivity index (χ3n) is 4.58. The Kier molecular flexibility index (Phi) is 4.71. The number of amides is 2. The first-order chi connectivity index (χ1) is 11.9. The van der Waals surface area contributed by atoms with E-state index in [2.05, 4.69) is 20.3 Å². The van der Waals surface area contributed by atoms with E-state index >= 15 is 0 Å². The molecule has 2 aromatic rings. The van der Waals surface area contributed by atoms with Crippen LogP contribution in [0.5, 0.6) is 0 Å². The van der Waals surface area contributed by atoms with E-state index in [1.807, 2.05) is 27.0 Å². The molecule has 8 nitrogen and oxygen atoms in total. The monoisotopic (exact) mass is 344 g/mol. The van der Waals surface area contributed by atoms with Gasteiger partial charge in [0.1, 0.15) is 0 Å². The van der Waals surface area contributed by atoms with Gasteiger partial charge in [0.2, 0.25) is 5.91 Å². The summed E-state index contributed by atoms with van der Waals surface area (Å²) in [5.41, 5.74) is 2.84. The van der Waals surface area contributed by atoms with E-state index in [1.165, 1.54) is 0 Å². The van der Waals surface area contributed by atoms with Gasteiger partial charge in [-0.05, 0) is 27.0 Å². The van der Waals surface area contributed by atoms with Gasteiger partial charge in [-0.2, -0.15) is 5.10 Å². The summed E-state index contributed by atoms with van der Waals surface area (Å²) in [6, 6.07) is 3.64. The van der Waals surface area contributed by atoms with Crippen LogP contribution >= 0.6 is 0 Å². The molecular formula is C17H24N6O2. The molecule has 0 radical (unpaired) electrons. The van der Waals surface area contributed by atoms with Crippen molar-refractivity contribution in [3.05, 3.63) is 29.2 Å². The molecule has 3 heterocycles. The fraction of sp³-hybridized carbons (Fsp3) is 0.529. The van der Waals surface area contributed by atoms with Crippen molar-refractivity contribution in [3.8, 4) is 0 Å². The molecule has 2 aromatic heterocycles. The first-order valence-electron chi connectivity index (χ1n) is 8.42. The number of aryl methyl sites for hydroxylation is 2. The average Bonchev–Trinajstić information content (AvgIpc) is 2.90. The molecule has 1 aliphatic heterocycles. The molecule has 1 saturated heterocycles. The highest BCUT2D eigenvalue weighted by atomic mass is 16.2.